The molecule has 0 radical (unpaired) electrons. The summed E-state index contributed by atoms with van der Waals surface area (Å²) in [4.78, 5) is 27.2. The second-order valence-electron chi connectivity index (χ2n) is 4.81. The normalized spacial score (nSPS) is 10.2. The van der Waals surface area contributed by atoms with Gasteiger partial charge in [0.1, 0.15) is 18.0 Å². The van der Waals surface area contributed by atoms with E-state index in [0.717, 1.165) is 5.69 Å². The third kappa shape index (κ3) is 3.40. The Labute approximate surface area is 137 Å². The lowest BCUT2D eigenvalue weighted by Gasteiger charge is -2.09. The fraction of sp³-hybridized carbons (Fsp3) is 0.0667. The largest absolute Gasteiger partial charge is 0.354 e. The van der Waals surface area contributed by atoms with Crippen molar-refractivity contribution in [1.82, 2.24) is 19.9 Å². The van der Waals surface area contributed by atoms with Gasteiger partial charge in [-0.15, -0.1) is 0 Å². The summed E-state index contributed by atoms with van der Waals surface area (Å²) >= 11 is 0. The highest BCUT2D eigenvalue weighted by Crippen LogP contribution is 2.32. The molecule has 0 bridgehead atoms. The zero-order valence-corrected chi connectivity index (χ0v) is 12.7. The molecule has 120 valence electrons. The van der Waals surface area contributed by atoms with Crippen LogP contribution in [-0.2, 0) is 0 Å². The van der Waals surface area contributed by atoms with Crippen LogP contribution in [0.5, 0.6) is 0 Å². The minimum Gasteiger partial charge on any atom is -0.319 e. The number of nitrogens with zero attached hydrogens (tertiary/aromatic N) is 5. The average molecular weight is 323 g/mol. The van der Waals surface area contributed by atoms with E-state index in [9.17, 15) is 10.1 Å². The van der Waals surface area contributed by atoms with Crippen molar-refractivity contribution < 1.29 is 4.92 Å². The summed E-state index contributed by atoms with van der Waals surface area (Å²) in [7, 11) is 0. The van der Waals surface area contributed by atoms with Gasteiger partial charge in [-0.05, 0) is 31.2 Å². The summed E-state index contributed by atoms with van der Waals surface area (Å²) in [5, 5.41) is 17.2. The number of aromatic nitrogens is 4. The Morgan fingerprint density at radius 3 is 2.29 bits per heavy atom. The van der Waals surface area contributed by atoms with Crippen molar-refractivity contribution >= 4 is 29.0 Å². The van der Waals surface area contributed by atoms with E-state index in [0.29, 0.717) is 11.6 Å². The van der Waals surface area contributed by atoms with Crippen molar-refractivity contribution in [3.05, 3.63) is 64.7 Å². The summed E-state index contributed by atoms with van der Waals surface area (Å²) in [5.74, 6) is 0.995. The van der Waals surface area contributed by atoms with Crippen LogP contribution in [0.2, 0.25) is 0 Å². The Balaban J connectivity index is 1.97. The third-order valence-electron chi connectivity index (χ3n) is 3.05. The van der Waals surface area contributed by atoms with E-state index >= 15 is 0 Å². The van der Waals surface area contributed by atoms with Crippen molar-refractivity contribution in [2.45, 2.75) is 6.92 Å². The van der Waals surface area contributed by atoms with E-state index in [1.807, 2.05) is 13.0 Å². The molecular formula is C15H13N7O2. The number of rotatable bonds is 5. The van der Waals surface area contributed by atoms with E-state index in [2.05, 4.69) is 30.6 Å². The van der Waals surface area contributed by atoms with Crippen LogP contribution in [0.15, 0.2) is 48.9 Å². The molecule has 0 saturated heterocycles. The lowest BCUT2D eigenvalue weighted by atomic mass is 10.3. The molecule has 0 spiro atoms. The van der Waals surface area contributed by atoms with E-state index in [1.54, 1.807) is 36.5 Å². The van der Waals surface area contributed by atoms with E-state index in [4.69, 9.17) is 0 Å². The minimum absolute atomic E-state index is 0.0452. The predicted molar refractivity (Wildman–Crippen MR) is 88.5 cm³/mol. The first-order valence-electron chi connectivity index (χ1n) is 7.01. The standard InChI is InChI=1S/C15H13N7O2/c1-10-5-4-7-12(19-10)21-15-13(22(23)24)14(17-9-18-15)20-11-6-2-3-8-16-11/h2-9H,1H3,(H2,16,17,18,19,20,21). The van der Waals surface area contributed by atoms with Gasteiger partial charge in [0.2, 0.25) is 11.6 Å². The second kappa shape index (κ2) is 6.65. The Hall–Kier alpha value is -3.62. The summed E-state index contributed by atoms with van der Waals surface area (Å²) < 4.78 is 0. The molecule has 9 nitrogen and oxygen atoms in total. The molecule has 0 fully saturated rings. The molecule has 0 aromatic carbocycles. The zero-order chi connectivity index (χ0) is 16.9. The summed E-state index contributed by atoms with van der Waals surface area (Å²) in [6.07, 6.45) is 2.81. The van der Waals surface area contributed by atoms with Gasteiger partial charge in [-0.1, -0.05) is 12.1 Å². The molecule has 0 amide bonds. The minimum atomic E-state index is -0.552. The Morgan fingerprint density at radius 1 is 0.958 bits per heavy atom. The van der Waals surface area contributed by atoms with E-state index in [1.165, 1.54) is 6.33 Å². The molecule has 24 heavy (non-hydrogen) atoms. The topological polar surface area (TPSA) is 119 Å². The highest BCUT2D eigenvalue weighted by molar-refractivity contribution is 5.75. The maximum absolute atomic E-state index is 11.5. The van der Waals surface area contributed by atoms with Gasteiger partial charge in [-0.3, -0.25) is 10.1 Å². The number of hydrogen-bond acceptors (Lipinski definition) is 8. The third-order valence-corrected chi connectivity index (χ3v) is 3.05. The Kier molecular flexibility index (Phi) is 4.23. The van der Waals surface area contributed by atoms with Gasteiger partial charge >= 0.3 is 5.69 Å². The van der Waals surface area contributed by atoms with Crippen molar-refractivity contribution in [1.29, 1.82) is 0 Å². The molecule has 0 aliphatic carbocycles. The van der Waals surface area contributed by atoms with E-state index in [-0.39, 0.29) is 17.3 Å². The van der Waals surface area contributed by atoms with Crippen LogP contribution in [0, 0.1) is 17.0 Å². The number of anilines is 4. The van der Waals surface area contributed by atoms with Crippen molar-refractivity contribution in [2.75, 3.05) is 10.6 Å². The fourth-order valence-electron chi connectivity index (χ4n) is 2.03. The van der Waals surface area contributed by atoms with Crippen molar-refractivity contribution in [3.63, 3.8) is 0 Å². The fourth-order valence-corrected chi connectivity index (χ4v) is 2.03. The summed E-state index contributed by atoms with van der Waals surface area (Å²) in [6.45, 7) is 1.83. The van der Waals surface area contributed by atoms with Gasteiger partial charge in [0, 0.05) is 11.9 Å². The van der Waals surface area contributed by atoms with Gasteiger partial charge in [-0.2, -0.15) is 0 Å². The summed E-state index contributed by atoms with van der Waals surface area (Å²) in [5.41, 5.74) is 0.495. The van der Waals surface area contributed by atoms with Gasteiger partial charge in [0.15, 0.2) is 0 Å². The number of nitrogens with one attached hydrogen (secondary N) is 2. The van der Waals surface area contributed by atoms with Crippen LogP contribution in [0.25, 0.3) is 0 Å². The lowest BCUT2D eigenvalue weighted by molar-refractivity contribution is -0.383. The summed E-state index contributed by atoms with van der Waals surface area (Å²) in [6, 6.07) is 10.5. The van der Waals surface area contributed by atoms with Crippen molar-refractivity contribution in [2.24, 2.45) is 0 Å². The lowest BCUT2D eigenvalue weighted by Crippen LogP contribution is -2.06. The molecule has 3 rings (SSSR count). The monoisotopic (exact) mass is 323 g/mol. The highest BCUT2D eigenvalue weighted by Gasteiger charge is 2.23. The first-order valence-corrected chi connectivity index (χ1v) is 7.01. The second-order valence-corrected chi connectivity index (χ2v) is 4.81. The number of hydrogen-bond donors (Lipinski definition) is 2. The van der Waals surface area contributed by atoms with Crippen LogP contribution in [0.1, 0.15) is 5.69 Å². The molecular weight excluding hydrogens is 310 g/mol. The zero-order valence-electron chi connectivity index (χ0n) is 12.7. The first kappa shape index (κ1) is 15.3. The van der Waals surface area contributed by atoms with Crippen LogP contribution in [-0.4, -0.2) is 24.9 Å². The van der Waals surface area contributed by atoms with Crippen molar-refractivity contribution in [3.8, 4) is 0 Å². The number of pyridine rings is 2. The van der Waals surface area contributed by atoms with E-state index < -0.39 is 4.92 Å². The molecule has 0 unspecified atom stereocenters. The smallest absolute Gasteiger partial charge is 0.319 e. The predicted octanol–water partition coefficient (Wildman–Crippen LogP) is 2.97. The Morgan fingerprint density at radius 2 is 1.67 bits per heavy atom. The molecule has 9 heteroatoms. The quantitative estimate of drug-likeness (QED) is 0.543. The van der Waals surface area contributed by atoms with Crippen LogP contribution in [0.3, 0.4) is 0 Å². The Bertz CT molecular complexity index is 871. The molecule has 3 heterocycles. The number of nitro groups is 1. The molecule has 3 aromatic heterocycles. The highest BCUT2D eigenvalue weighted by atomic mass is 16.6. The van der Waals surface area contributed by atoms with Gasteiger partial charge in [0.05, 0.1) is 4.92 Å². The van der Waals surface area contributed by atoms with Crippen LogP contribution < -0.4 is 10.6 Å². The van der Waals surface area contributed by atoms with Gasteiger partial charge < -0.3 is 10.6 Å². The maximum atomic E-state index is 11.5. The maximum Gasteiger partial charge on any atom is 0.354 e. The van der Waals surface area contributed by atoms with Gasteiger partial charge in [-0.25, -0.2) is 19.9 Å². The van der Waals surface area contributed by atoms with Crippen LogP contribution in [0.4, 0.5) is 29.0 Å². The molecule has 2 N–H and O–H groups in total. The van der Waals surface area contributed by atoms with Gasteiger partial charge in [0.25, 0.3) is 0 Å². The molecule has 0 aliphatic heterocycles. The molecule has 0 atom stereocenters. The molecule has 0 saturated carbocycles. The van der Waals surface area contributed by atoms with Crippen LogP contribution >= 0.6 is 0 Å². The SMILES string of the molecule is Cc1cccc(Nc2ncnc(Nc3ccccn3)c2[N+](=O)[O-])n1. The average Bonchev–Trinajstić information content (AvgIpc) is 2.56. The first-order chi connectivity index (χ1) is 11.6. The number of aryl methyl sites for hydroxylation is 1. The molecule has 0 aliphatic rings. The molecule has 3 aromatic rings.